The number of aromatic amines is 1. The average Bonchev–Trinajstić information content (AvgIpc) is 3.35. The number of piperidine rings is 1. The topological polar surface area (TPSA) is 76.2 Å². The van der Waals surface area contributed by atoms with Crippen LogP contribution in [0.25, 0.3) is 0 Å². The first kappa shape index (κ1) is 19.5. The maximum Gasteiger partial charge on any atom is 0.227 e. The number of nitrogens with one attached hydrogen (secondary N) is 2. The van der Waals surface area contributed by atoms with Gasteiger partial charge in [-0.2, -0.15) is 10.1 Å². The van der Waals surface area contributed by atoms with Crippen molar-refractivity contribution < 1.29 is 0 Å². The van der Waals surface area contributed by atoms with E-state index in [0.717, 1.165) is 62.6 Å². The Morgan fingerprint density at radius 3 is 2.55 bits per heavy atom. The molecule has 2 saturated heterocycles. The molecule has 0 unspecified atom stereocenters. The van der Waals surface area contributed by atoms with E-state index in [1.807, 2.05) is 0 Å². The molecule has 166 valence electrons. The highest BCUT2D eigenvalue weighted by molar-refractivity contribution is 5.61. The van der Waals surface area contributed by atoms with Crippen molar-refractivity contribution in [2.75, 3.05) is 56.5 Å². The molecule has 6 rings (SSSR count). The van der Waals surface area contributed by atoms with Crippen molar-refractivity contribution in [1.29, 1.82) is 0 Å². The molecule has 0 aromatic carbocycles. The van der Waals surface area contributed by atoms with Crippen molar-refractivity contribution >= 4 is 17.6 Å². The average molecular weight is 423 g/mol. The van der Waals surface area contributed by atoms with Gasteiger partial charge in [-0.1, -0.05) is 0 Å². The summed E-state index contributed by atoms with van der Waals surface area (Å²) in [6, 6.07) is 2.90. The van der Waals surface area contributed by atoms with E-state index in [0.29, 0.717) is 5.92 Å². The lowest BCUT2D eigenvalue weighted by molar-refractivity contribution is 0.115. The van der Waals surface area contributed by atoms with E-state index in [1.165, 1.54) is 62.1 Å². The van der Waals surface area contributed by atoms with E-state index < -0.39 is 0 Å². The van der Waals surface area contributed by atoms with Crippen LogP contribution < -0.4 is 10.2 Å². The number of anilines is 3. The van der Waals surface area contributed by atoms with Crippen molar-refractivity contribution in [2.45, 2.75) is 56.9 Å². The van der Waals surface area contributed by atoms with Gasteiger partial charge >= 0.3 is 0 Å². The third kappa shape index (κ3) is 4.03. The van der Waals surface area contributed by atoms with Crippen LogP contribution in [0.4, 0.5) is 17.6 Å². The monoisotopic (exact) mass is 422 g/mol. The molecular formula is C23H34N8. The van der Waals surface area contributed by atoms with E-state index in [1.54, 1.807) is 0 Å². The van der Waals surface area contributed by atoms with Gasteiger partial charge in [0.1, 0.15) is 5.82 Å². The Balaban J connectivity index is 1.16. The Labute approximate surface area is 184 Å². The molecule has 2 aliphatic carbocycles. The van der Waals surface area contributed by atoms with Crippen LogP contribution in [0.5, 0.6) is 0 Å². The molecule has 8 nitrogen and oxygen atoms in total. The van der Waals surface area contributed by atoms with Gasteiger partial charge in [-0.25, -0.2) is 4.98 Å². The summed E-state index contributed by atoms with van der Waals surface area (Å²) in [5.41, 5.74) is 3.76. The summed E-state index contributed by atoms with van der Waals surface area (Å²) < 4.78 is 0. The molecule has 4 aliphatic rings. The standard InChI is InChI=1S/C23H34N8/c1-29-9-7-17(8-10-29)30-11-13-31(14-12-30)23-24-19-4-2-3-18(19)22(26-23)25-21-15-20(27-28-21)16-5-6-16/h15-17H,2-14H2,1H3,(H2,24,25,26,27,28). The molecule has 0 radical (unpaired) electrons. The second-order valence-electron chi connectivity index (χ2n) is 9.82. The smallest absolute Gasteiger partial charge is 0.227 e. The van der Waals surface area contributed by atoms with Gasteiger partial charge in [0.15, 0.2) is 5.82 Å². The minimum absolute atomic E-state index is 0.676. The van der Waals surface area contributed by atoms with Crippen LogP contribution in [0.3, 0.4) is 0 Å². The zero-order chi connectivity index (χ0) is 20.8. The molecular weight excluding hydrogens is 388 g/mol. The molecule has 2 aromatic rings. The number of rotatable bonds is 5. The summed E-state index contributed by atoms with van der Waals surface area (Å²) >= 11 is 0. The number of H-pyrrole nitrogens is 1. The van der Waals surface area contributed by atoms with Crippen molar-refractivity contribution in [3.8, 4) is 0 Å². The predicted octanol–water partition coefficient (Wildman–Crippen LogP) is 2.53. The number of piperazine rings is 1. The third-order valence-electron chi connectivity index (χ3n) is 7.58. The largest absolute Gasteiger partial charge is 0.338 e. The lowest BCUT2D eigenvalue weighted by Crippen LogP contribution is -2.53. The maximum absolute atomic E-state index is 5.01. The van der Waals surface area contributed by atoms with Gasteiger partial charge in [0, 0.05) is 55.5 Å². The molecule has 8 heteroatoms. The summed E-state index contributed by atoms with van der Waals surface area (Å²) in [4.78, 5) is 17.5. The SMILES string of the molecule is CN1CCC(N2CCN(c3nc4c(c(Nc5cc(C6CC6)[nH]n5)n3)CCC4)CC2)CC1. The van der Waals surface area contributed by atoms with Crippen LogP contribution in [0.1, 0.15) is 55.0 Å². The van der Waals surface area contributed by atoms with Crippen LogP contribution in [0.2, 0.25) is 0 Å². The van der Waals surface area contributed by atoms with Crippen molar-refractivity contribution in [1.82, 2.24) is 30.0 Å². The lowest BCUT2D eigenvalue weighted by atomic mass is 10.0. The Hall–Kier alpha value is -2.19. The van der Waals surface area contributed by atoms with E-state index in [4.69, 9.17) is 9.97 Å². The zero-order valence-corrected chi connectivity index (χ0v) is 18.6. The van der Waals surface area contributed by atoms with Gasteiger partial charge in [-0.15, -0.1) is 0 Å². The van der Waals surface area contributed by atoms with Crippen LogP contribution in [-0.2, 0) is 12.8 Å². The number of likely N-dealkylation sites (tertiary alicyclic amines) is 1. The minimum atomic E-state index is 0.676. The first-order chi connectivity index (χ1) is 15.2. The normalized spacial score (nSPS) is 23.3. The first-order valence-corrected chi connectivity index (χ1v) is 12.1. The van der Waals surface area contributed by atoms with Crippen molar-refractivity contribution in [3.63, 3.8) is 0 Å². The van der Waals surface area contributed by atoms with Crippen LogP contribution in [0, 0.1) is 0 Å². The Bertz CT molecular complexity index is 920. The molecule has 2 aromatic heterocycles. The molecule has 1 saturated carbocycles. The zero-order valence-electron chi connectivity index (χ0n) is 18.6. The van der Waals surface area contributed by atoms with Crippen LogP contribution >= 0.6 is 0 Å². The van der Waals surface area contributed by atoms with Crippen molar-refractivity contribution in [2.24, 2.45) is 0 Å². The second kappa shape index (κ2) is 8.06. The van der Waals surface area contributed by atoms with Crippen molar-refractivity contribution in [3.05, 3.63) is 23.0 Å². The van der Waals surface area contributed by atoms with E-state index >= 15 is 0 Å². The van der Waals surface area contributed by atoms with Gasteiger partial charge in [-0.3, -0.25) is 10.00 Å². The molecule has 0 bridgehead atoms. The third-order valence-corrected chi connectivity index (χ3v) is 7.58. The number of hydrogen-bond donors (Lipinski definition) is 2. The molecule has 0 atom stereocenters. The van der Waals surface area contributed by atoms with Gasteiger partial charge in [0.05, 0.1) is 5.69 Å². The van der Waals surface area contributed by atoms with Gasteiger partial charge in [0.25, 0.3) is 0 Å². The number of hydrogen-bond acceptors (Lipinski definition) is 7. The summed E-state index contributed by atoms with van der Waals surface area (Å²) in [5.74, 6) is 3.41. The lowest BCUT2D eigenvalue weighted by Gasteiger charge is -2.42. The Morgan fingerprint density at radius 1 is 0.968 bits per heavy atom. The highest BCUT2D eigenvalue weighted by Crippen LogP contribution is 2.40. The predicted molar refractivity (Wildman–Crippen MR) is 122 cm³/mol. The molecule has 3 fully saturated rings. The highest BCUT2D eigenvalue weighted by Gasteiger charge is 2.29. The summed E-state index contributed by atoms with van der Waals surface area (Å²) in [7, 11) is 2.24. The van der Waals surface area contributed by atoms with Gasteiger partial charge in [-0.05, 0) is 65.1 Å². The van der Waals surface area contributed by atoms with Gasteiger partial charge < -0.3 is 15.1 Å². The summed E-state index contributed by atoms with van der Waals surface area (Å²) in [5, 5.41) is 11.2. The molecule has 0 spiro atoms. The number of aromatic nitrogens is 4. The van der Waals surface area contributed by atoms with E-state index in [-0.39, 0.29) is 0 Å². The van der Waals surface area contributed by atoms with E-state index in [9.17, 15) is 0 Å². The molecule has 0 amide bonds. The second-order valence-corrected chi connectivity index (χ2v) is 9.82. The summed E-state index contributed by atoms with van der Waals surface area (Å²) in [6.07, 6.45) is 8.43. The van der Waals surface area contributed by atoms with Crippen LogP contribution in [0.15, 0.2) is 6.07 Å². The molecule has 2 aliphatic heterocycles. The molecule has 4 heterocycles. The number of nitrogens with zero attached hydrogens (tertiary/aromatic N) is 6. The summed E-state index contributed by atoms with van der Waals surface area (Å²) in [6.45, 7) is 6.70. The fourth-order valence-corrected chi connectivity index (χ4v) is 5.44. The first-order valence-electron chi connectivity index (χ1n) is 12.1. The molecule has 2 N–H and O–H groups in total. The fourth-order valence-electron chi connectivity index (χ4n) is 5.44. The minimum Gasteiger partial charge on any atom is -0.338 e. The number of aryl methyl sites for hydroxylation is 1. The fraction of sp³-hybridized carbons (Fsp3) is 0.696. The van der Waals surface area contributed by atoms with Gasteiger partial charge in [0.2, 0.25) is 5.95 Å². The van der Waals surface area contributed by atoms with Crippen LogP contribution in [-0.4, -0.2) is 82.3 Å². The molecule has 31 heavy (non-hydrogen) atoms. The maximum atomic E-state index is 5.01. The Kier molecular flexibility index (Phi) is 5.07. The highest BCUT2D eigenvalue weighted by atomic mass is 15.3. The number of fused-ring (bicyclic) bond motifs is 1. The Morgan fingerprint density at radius 2 is 1.77 bits per heavy atom. The van der Waals surface area contributed by atoms with E-state index in [2.05, 4.69) is 43.3 Å². The quantitative estimate of drug-likeness (QED) is 0.767.